The van der Waals surface area contributed by atoms with E-state index in [4.69, 9.17) is 18.6 Å². The summed E-state index contributed by atoms with van der Waals surface area (Å²) in [6.45, 7) is 11.8. The molecule has 2 heterocycles. The highest BCUT2D eigenvalue weighted by Crippen LogP contribution is 2.65. The lowest BCUT2D eigenvalue weighted by Gasteiger charge is -2.34. The van der Waals surface area contributed by atoms with Gasteiger partial charge in [0.1, 0.15) is 23.7 Å². The van der Waals surface area contributed by atoms with Crippen molar-refractivity contribution in [3.8, 4) is 5.75 Å². The van der Waals surface area contributed by atoms with Crippen LogP contribution in [0.4, 0.5) is 0 Å². The molecule has 2 bridgehead atoms. The zero-order valence-electron chi connectivity index (χ0n) is 20.5. The van der Waals surface area contributed by atoms with Crippen molar-refractivity contribution in [1.82, 2.24) is 0 Å². The van der Waals surface area contributed by atoms with Gasteiger partial charge < -0.3 is 18.6 Å². The molecule has 1 aliphatic heterocycles. The molecule has 1 aromatic heterocycles. The molecule has 8 heteroatoms. The minimum atomic E-state index is -1.33. The monoisotopic (exact) mass is 534 g/mol. The first kappa shape index (κ1) is 24.8. The molecule has 3 atom stereocenters. The van der Waals surface area contributed by atoms with Crippen molar-refractivity contribution in [2.75, 3.05) is 6.61 Å². The quantitative estimate of drug-likeness (QED) is 0.344. The van der Waals surface area contributed by atoms with E-state index >= 15 is 0 Å². The van der Waals surface area contributed by atoms with Crippen LogP contribution < -0.4 is 10.2 Å². The minimum absolute atomic E-state index is 0.182. The summed E-state index contributed by atoms with van der Waals surface area (Å²) in [5.41, 5.74) is -2.18. The number of halogens is 1. The first-order valence-corrected chi connectivity index (χ1v) is 12.5. The van der Waals surface area contributed by atoms with Crippen molar-refractivity contribution < 1.29 is 28.2 Å². The van der Waals surface area contributed by atoms with Gasteiger partial charge in [0.2, 0.25) is 5.60 Å². The van der Waals surface area contributed by atoms with Crippen LogP contribution in [0, 0.1) is 16.7 Å². The van der Waals surface area contributed by atoms with Crippen LogP contribution in [0.1, 0.15) is 70.5 Å². The third kappa shape index (κ3) is 3.56. The van der Waals surface area contributed by atoms with Crippen molar-refractivity contribution in [3.63, 3.8) is 0 Å². The van der Waals surface area contributed by atoms with Gasteiger partial charge in [-0.15, -0.1) is 0 Å². The molecule has 0 amide bonds. The molecule has 1 aromatic carbocycles. The van der Waals surface area contributed by atoms with Crippen LogP contribution in [0.2, 0.25) is 0 Å². The van der Waals surface area contributed by atoms with Gasteiger partial charge in [-0.25, -0.2) is 4.79 Å². The summed E-state index contributed by atoms with van der Waals surface area (Å²) in [7, 11) is 0. The van der Waals surface area contributed by atoms with E-state index in [0.717, 1.165) is 0 Å². The number of rotatable bonds is 7. The fraction of sp³-hybridized carbons (Fsp3) is 0.577. The molecule has 4 rings (SSSR count). The van der Waals surface area contributed by atoms with E-state index in [2.05, 4.69) is 15.9 Å². The summed E-state index contributed by atoms with van der Waals surface area (Å²) < 4.78 is 23.5. The van der Waals surface area contributed by atoms with Crippen LogP contribution in [0.25, 0.3) is 11.0 Å². The van der Waals surface area contributed by atoms with E-state index in [0.29, 0.717) is 47.5 Å². The predicted molar refractivity (Wildman–Crippen MR) is 130 cm³/mol. The smallest absolute Gasteiger partial charge is 0.351 e. The molecule has 1 aliphatic carbocycles. The number of fused-ring (bicyclic) bond motifs is 3. The van der Waals surface area contributed by atoms with E-state index in [-0.39, 0.29) is 28.8 Å². The maximum Gasteiger partial charge on any atom is 0.351 e. The Balaban J connectivity index is 1.73. The van der Waals surface area contributed by atoms with Crippen LogP contribution in [0.15, 0.2) is 27.4 Å². The van der Waals surface area contributed by atoms with Gasteiger partial charge in [0.25, 0.3) is 0 Å². The number of carbonyl (C=O) groups is 2. The lowest BCUT2D eigenvalue weighted by Crippen LogP contribution is -2.48. The third-order valence-corrected chi connectivity index (χ3v) is 8.15. The number of alkyl halides is 1. The number of ether oxygens (including phenoxy) is 3. The summed E-state index contributed by atoms with van der Waals surface area (Å²) in [6, 6.07) is 4.81. The van der Waals surface area contributed by atoms with Crippen molar-refractivity contribution >= 4 is 38.8 Å². The Morgan fingerprint density at radius 3 is 2.41 bits per heavy atom. The lowest BCUT2D eigenvalue weighted by atomic mass is 9.66. The topological polar surface area (TPSA) is 92.0 Å². The van der Waals surface area contributed by atoms with Gasteiger partial charge >= 0.3 is 11.9 Å². The van der Waals surface area contributed by atoms with Crippen LogP contribution in [-0.4, -0.2) is 24.1 Å². The molecule has 2 aliphatic rings. The van der Waals surface area contributed by atoms with Crippen LogP contribution in [-0.2, 0) is 25.7 Å². The summed E-state index contributed by atoms with van der Waals surface area (Å²) in [5.74, 6) is 0.246. The Morgan fingerprint density at radius 2 is 1.85 bits per heavy atom. The number of hydrogen-bond donors (Lipinski definition) is 0. The first-order valence-electron chi connectivity index (χ1n) is 11.6. The van der Waals surface area contributed by atoms with Crippen LogP contribution in [0.3, 0.4) is 0 Å². The highest BCUT2D eigenvalue weighted by molar-refractivity contribution is 9.09. The second-order valence-corrected chi connectivity index (χ2v) is 11.9. The second kappa shape index (κ2) is 8.40. The van der Waals surface area contributed by atoms with E-state index in [1.807, 2.05) is 41.5 Å². The molecule has 1 saturated carbocycles. The van der Waals surface area contributed by atoms with Gasteiger partial charge in [0.05, 0.1) is 27.8 Å². The van der Waals surface area contributed by atoms with Crippen molar-refractivity contribution in [2.24, 2.45) is 16.7 Å². The van der Waals surface area contributed by atoms with Crippen molar-refractivity contribution in [3.05, 3.63) is 39.7 Å². The van der Waals surface area contributed by atoms with Crippen molar-refractivity contribution in [1.29, 1.82) is 0 Å². The highest BCUT2D eigenvalue weighted by Gasteiger charge is 2.76. The van der Waals surface area contributed by atoms with Gasteiger partial charge in [0, 0.05) is 11.5 Å². The Morgan fingerprint density at radius 1 is 1.15 bits per heavy atom. The molecule has 7 nitrogen and oxygen atoms in total. The second-order valence-electron chi connectivity index (χ2n) is 10.5. The van der Waals surface area contributed by atoms with Gasteiger partial charge in [-0.2, -0.15) is 0 Å². The molecule has 184 valence electrons. The molecule has 0 radical (unpaired) electrons. The number of carbonyl (C=O) groups excluding carboxylic acids is 2. The summed E-state index contributed by atoms with van der Waals surface area (Å²) in [5, 5.41) is 0.374. The number of benzene rings is 1. The van der Waals surface area contributed by atoms with E-state index in [9.17, 15) is 14.4 Å². The number of hydrogen-bond acceptors (Lipinski definition) is 7. The first-order chi connectivity index (χ1) is 15.8. The Hall–Kier alpha value is -2.35. The van der Waals surface area contributed by atoms with E-state index < -0.39 is 22.4 Å². The molecule has 0 N–H and O–H groups in total. The number of esters is 2. The molecule has 1 unspecified atom stereocenters. The third-order valence-electron chi connectivity index (χ3n) is 7.70. The van der Waals surface area contributed by atoms with Crippen LogP contribution in [0.5, 0.6) is 5.75 Å². The molecular formula is C26H31BrO7. The summed E-state index contributed by atoms with van der Waals surface area (Å²) >= 11 is 3.45. The zero-order valence-corrected chi connectivity index (χ0v) is 22.0. The average Bonchev–Trinajstić information content (AvgIpc) is 3.06. The fourth-order valence-electron chi connectivity index (χ4n) is 4.96. The molecule has 2 fully saturated rings. The fourth-order valence-corrected chi connectivity index (χ4v) is 5.18. The van der Waals surface area contributed by atoms with E-state index in [1.165, 1.54) is 6.07 Å². The average molecular weight is 535 g/mol. The van der Waals surface area contributed by atoms with Gasteiger partial charge in [-0.3, -0.25) is 9.59 Å². The van der Waals surface area contributed by atoms with Gasteiger partial charge in [0.15, 0.2) is 5.43 Å². The minimum Gasteiger partial charge on any atom is -0.493 e. The molecule has 1 saturated heterocycles. The standard InChI is InChI=1S/C26H31BrO7/c1-14(2)12-31-19-8-7-16-18(28)11-20(15(3)27)33-21(16)17(19)13-32-23(30)26-10-9-25(6,22(29)34-26)24(26,4)5/h7-8,11,14-15H,9-10,12-13H2,1-6H3/t15?,25-,26+/m0/s1. The molecule has 0 spiro atoms. The maximum atomic E-state index is 13.4. The largest absolute Gasteiger partial charge is 0.493 e. The normalized spacial score (nSPS) is 26.1. The predicted octanol–water partition coefficient (Wildman–Crippen LogP) is 5.45. The summed E-state index contributed by atoms with van der Waals surface area (Å²) in [6.07, 6.45) is 0.972. The SMILES string of the molecule is CC(C)COc1ccc2c(=O)cc(C(C)Br)oc2c1COC(=O)[C@@]12CC[C@@](C)(C(=O)O1)C2(C)C. The Bertz CT molecular complexity index is 1210. The Kier molecular flexibility index (Phi) is 6.12. The van der Waals surface area contributed by atoms with Crippen LogP contribution >= 0.6 is 15.9 Å². The maximum absolute atomic E-state index is 13.4. The van der Waals surface area contributed by atoms with Gasteiger partial charge in [-0.05, 0) is 44.7 Å². The van der Waals surface area contributed by atoms with Crippen molar-refractivity contribution in [2.45, 2.75) is 71.4 Å². The lowest BCUT2D eigenvalue weighted by molar-refractivity contribution is -0.184. The van der Waals surface area contributed by atoms with E-state index in [1.54, 1.807) is 12.1 Å². The Labute approximate surface area is 207 Å². The highest BCUT2D eigenvalue weighted by atomic mass is 79.9. The molecule has 34 heavy (non-hydrogen) atoms. The molecule has 2 aromatic rings. The zero-order chi connectivity index (χ0) is 25.1. The molecular weight excluding hydrogens is 504 g/mol. The summed E-state index contributed by atoms with van der Waals surface area (Å²) in [4.78, 5) is 38.6. The van der Waals surface area contributed by atoms with Gasteiger partial charge in [-0.1, -0.05) is 43.6 Å².